The molecule has 108 valence electrons. The number of anilines is 1. The van der Waals surface area contributed by atoms with E-state index < -0.39 is 0 Å². The Balaban J connectivity index is 1.90. The molecule has 1 saturated carbocycles. The smallest absolute Gasteiger partial charge is 0.203 e. The summed E-state index contributed by atoms with van der Waals surface area (Å²) >= 11 is 0. The molecule has 1 heterocycles. The number of rotatable bonds is 6. The summed E-state index contributed by atoms with van der Waals surface area (Å²) in [6.07, 6.45) is 9.39. The van der Waals surface area contributed by atoms with Gasteiger partial charge in [-0.1, -0.05) is 26.2 Å². The van der Waals surface area contributed by atoms with Crippen LogP contribution in [-0.4, -0.2) is 29.8 Å². The van der Waals surface area contributed by atoms with E-state index in [1.165, 1.54) is 25.7 Å². The topological polar surface area (TPSA) is 39.1 Å². The molecule has 1 fully saturated rings. The molecule has 1 aliphatic rings. The largest absolute Gasteiger partial charge is 0.383 e. The average Bonchev–Trinajstić information content (AvgIpc) is 2.86. The molecule has 1 aliphatic carbocycles. The zero-order valence-corrected chi connectivity index (χ0v) is 12.4. The molecule has 19 heavy (non-hydrogen) atoms. The van der Waals surface area contributed by atoms with Gasteiger partial charge in [0.15, 0.2) is 0 Å². The summed E-state index contributed by atoms with van der Waals surface area (Å²) in [5, 5.41) is 3.53. The first-order chi connectivity index (χ1) is 9.22. The van der Waals surface area contributed by atoms with Crippen LogP contribution in [0.1, 0.15) is 45.6 Å². The van der Waals surface area contributed by atoms with Crippen LogP contribution >= 0.6 is 0 Å². The second-order valence-corrected chi connectivity index (χ2v) is 5.87. The van der Waals surface area contributed by atoms with Crippen molar-refractivity contribution in [1.82, 2.24) is 9.55 Å². The number of ether oxygens (including phenoxy) is 1. The van der Waals surface area contributed by atoms with Gasteiger partial charge in [-0.25, -0.2) is 4.98 Å². The van der Waals surface area contributed by atoms with E-state index in [-0.39, 0.29) is 0 Å². The van der Waals surface area contributed by atoms with Crippen LogP contribution in [0.5, 0.6) is 0 Å². The Bertz CT molecular complexity index is 377. The maximum atomic E-state index is 5.22. The zero-order chi connectivity index (χ0) is 13.7. The second kappa shape index (κ2) is 6.94. The van der Waals surface area contributed by atoms with Crippen LogP contribution in [0.15, 0.2) is 12.4 Å². The molecule has 0 amide bonds. The predicted molar refractivity (Wildman–Crippen MR) is 78.4 cm³/mol. The lowest BCUT2D eigenvalue weighted by molar-refractivity contribution is 0.163. The van der Waals surface area contributed by atoms with Crippen molar-refractivity contribution in [2.75, 3.05) is 25.6 Å². The van der Waals surface area contributed by atoms with Crippen LogP contribution < -0.4 is 5.32 Å². The Morgan fingerprint density at radius 2 is 2.26 bits per heavy atom. The molecule has 1 N–H and O–H groups in total. The van der Waals surface area contributed by atoms with Crippen molar-refractivity contribution in [1.29, 1.82) is 0 Å². The summed E-state index contributed by atoms with van der Waals surface area (Å²) in [6.45, 7) is 6.29. The highest BCUT2D eigenvalue weighted by atomic mass is 16.5. The van der Waals surface area contributed by atoms with Crippen molar-refractivity contribution in [3.63, 3.8) is 0 Å². The standard InChI is InChI=1S/C15H27N3O/c1-12-6-4-5-7-14(12)10-17-15-16-8-9-18(15)13(2)11-19-3/h8-9,12-14H,4-7,10-11H2,1-3H3,(H,16,17). The summed E-state index contributed by atoms with van der Waals surface area (Å²) < 4.78 is 7.38. The van der Waals surface area contributed by atoms with Crippen LogP contribution in [0, 0.1) is 11.8 Å². The molecule has 1 aromatic rings. The fourth-order valence-electron chi connectivity index (χ4n) is 3.05. The van der Waals surface area contributed by atoms with Crippen LogP contribution in [0.4, 0.5) is 5.95 Å². The highest BCUT2D eigenvalue weighted by molar-refractivity contribution is 5.26. The summed E-state index contributed by atoms with van der Waals surface area (Å²) in [4.78, 5) is 4.43. The van der Waals surface area contributed by atoms with E-state index in [4.69, 9.17) is 4.74 Å². The van der Waals surface area contributed by atoms with Gasteiger partial charge < -0.3 is 14.6 Å². The molecule has 4 heteroatoms. The highest BCUT2D eigenvalue weighted by Crippen LogP contribution is 2.29. The zero-order valence-electron chi connectivity index (χ0n) is 12.4. The van der Waals surface area contributed by atoms with E-state index in [9.17, 15) is 0 Å². The van der Waals surface area contributed by atoms with Crippen molar-refractivity contribution in [2.24, 2.45) is 11.8 Å². The van der Waals surface area contributed by atoms with E-state index in [1.54, 1.807) is 7.11 Å². The highest BCUT2D eigenvalue weighted by Gasteiger charge is 2.21. The van der Waals surface area contributed by atoms with E-state index in [1.807, 2.05) is 12.4 Å². The van der Waals surface area contributed by atoms with Crippen LogP contribution in [0.3, 0.4) is 0 Å². The molecule has 0 bridgehead atoms. The van der Waals surface area contributed by atoms with Crippen LogP contribution in [0.2, 0.25) is 0 Å². The third-order valence-electron chi connectivity index (χ3n) is 4.36. The Labute approximate surface area is 116 Å². The lowest BCUT2D eigenvalue weighted by Gasteiger charge is -2.29. The number of hydrogen-bond acceptors (Lipinski definition) is 3. The number of imidazole rings is 1. The van der Waals surface area contributed by atoms with Gasteiger partial charge in [-0.15, -0.1) is 0 Å². The Kier molecular flexibility index (Phi) is 5.25. The Morgan fingerprint density at radius 1 is 1.47 bits per heavy atom. The van der Waals surface area contributed by atoms with Crippen molar-refractivity contribution in [3.8, 4) is 0 Å². The van der Waals surface area contributed by atoms with Crippen molar-refractivity contribution in [3.05, 3.63) is 12.4 Å². The minimum absolute atomic E-state index is 0.318. The molecule has 4 nitrogen and oxygen atoms in total. The van der Waals surface area contributed by atoms with Gasteiger partial charge in [-0.3, -0.25) is 0 Å². The van der Waals surface area contributed by atoms with E-state index in [0.29, 0.717) is 12.6 Å². The first-order valence-corrected chi connectivity index (χ1v) is 7.48. The maximum Gasteiger partial charge on any atom is 0.203 e. The van der Waals surface area contributed by atoms with Gasteiger partial charge in [0.2, 0.25) is 5.95 Å². The monoisotopic (exact) mass is 265 g/mol. The van der Waals surface area contributed by atoms with Gasteiger partial charge in [0.1, 0.15) is 0 Å². The Hall–Kier alpha value is -1.03. The molecule has 0 aromatic carbocycles. The molecule has 0 spiro atoms. The van der Waals surface area contributed by atoms with Gasteiger partial charge in [0.05, 0.1) is 12.6 Å². The number of nitrogens with zero attached hydrogens (tertiary/aromatic N) is 2. The molecule has 0 saturated heterocycles. The molecule has 0 radical (unpaired) electrons. The minimum Gasteiger partial charge on any atom is -0.383 e. The molecule has 3 atom stereocenters. The number of nitrogens with one attached hydrogen (secondary N) is 1. The maximum absolute atomic E-state index is 5.22. The van der Waals surface area contributed by atoms with Crippen molar-refractivity contribution in [2.45, 2.75) is 45.6 Å². The number of methoxy groups -OCH3 is 1. The average molecular weight is 265 g/mol. The van der Waals surface area contributed by atoms with Gasteiger partial charge in [0.25, 0.3) is 0 Å². The Morgan fingerprint density at radius 3 is 3.00 bits per heavy atom. The molecule has 3 unspecified atom stereocenters. The molecular weight excluding hydrogens is 238 g/mol. The molecule has 1 aromatic heterocycles. The van der Waals surface area contributed by atoms with Gasteiger partial charge >= 0.3 is 0 Å². The fraction of sp³-hybridized carbons (Fsp3) is 0.800. The summed E-state index contributed by atoms with van der Waals surface area (Å²) in [5.74, 6) is 2.60. The molecule has 0 aliphatic heterocycles. The lowest BCUT2D eigenvalue weighted by Crippen LogP contribution is -2.26. The van der Waals surface area contributed by atoms with Crippen molar-refractivity contribution < 1.29 is 4.74 Å². The number of hydrogen-bond donors (Lipinski definition) is 1. The summed E-state index contributed by atoms with van der Waals surface area (Å²) in [6, 6.07) is 0.318. The minimum atomic E-state index is 0.318. The third kappa shape index (κ3) is 3.72. The fourth-order valence-corrected chi connectivity index (χ4v) is 3.05. The molecular formula is C15H27N3O. The summed E-state index contributed by atoms with van der Waals surface area (Å²) in [5.41, 5.74) is 0. The van der Waals surface area contributed by atoms with Crippen LogP contribution in [-0.2, 0) is 4.74 Å². The van der Waals surface area contributed by atoms with E-state index in [2.05, 4.69) is 28.7 Å². The second-order valence-electron chi connectivity index (χ2n) is 5.87. The SMILES string of the molecule is COCC(C)n1ccnc1NCC1CCCCC1C. The first-order valence-electron chi connectivity index (χ1n) is 7.48. The predicted octanol–water partition coefficient (Wildman–Crippen LogP) is 3.33. The first kappa shape index (κ1) is 14.4. The van der Waals surface area contributed by atoms with E-state index >= 15 is 0 Å². The molecule has 2 rings (SSSR count). The normalized spacial score (nSPS) is 25.2. The van der Waals surface area contributed by atoms with Gasteiger partial charge in [-0.05, 0) is 25.2 Å². The van der Waals surface area contributed by atoms with Gasteiger partial charge in [-0.2, -0.15) is 0 Å². The van der Waals surface area contributed by atoms with E-state index in [0.717, 1.165) is 24.3 Å². The third-order valence-corrected chi connectivity index (χ3v) is 4.36. The van der Waals surface area contributed by atoms with Crippen LogP contribution in [0.25, 0.3) is 0 Å². The quantitative estimate of drug-likeness (QED) is 0.857. The summed E-state index contributed by atoms with van der Waals surface area (Å²) in [7, 11) is 1.74. The van der Waals surface area contributed by atoms with Crippen molar-refractivity contribution >= 4 is 5.95 Å². The number of aromatic nitrogens is 2. The lowest BCUT2D eigenvalue weighted by atomic mass is 9.80. The van der Waals surface area contributed by atoms with Gasteiger partial charge in [0, 0.05) is 26.0 Å².